The van der Waals surface area contributed by atoms with E-state index in [4.69, 9.17) is 15.2 Å². The summed E-state index contributed by atoms with van der Waals surface area (Å²) in [5.41, 5.74) is 6.32. The van der Waals surface area contributed by atoms with Gasteiger partial charge in [-0.25, -0.2) is 0 Å². The Morgan fingerprint density at radius 2 is 1.46 bits per heavy atom. The predicted molar refractivity (Wildman–Crippen MR) is 53.2 cm³/mol. The van der Waals surface area contributed by atoms with Crippen molar-refractivity contribution >= 4 is 5.69 Å². The molecule has 0 bridgehead atoms. The Morgan fingerprint density at radius 1 is 1.00 bits per heavy atom. The van der Waals surface area contributed by atoms with Crippen LogP contribution in [-0.2, 0) is 0 Å². The average Bonchev–Trinajstić information content (AvgIpc) is 2.04. The highest BCUT2D eigenvalue weighted by molar-refractivity contribution is 5.50. The fourth-order valence-electron chi connectivity index (χ4n) is 1.09. The lowest BCUT2D eigenvalue weighted by Gasteiger charge is -2.08. The molecule has 1 rings (SSSR count). The fourth-order valence-corrected chi connectivity index (χ4v) is 1.09. The Labute approximate surface area is 78.5 Å². The lowest BCUT2D eigenvalue weighted by molar-refractivity contribution is 0.323. The number of nitrogens with two attached hydrogens (primary N) is 1. The third-order valence-corrected chi connectivity index (χ3v) is 1.52. The van der Waals surface area contributed by atoms with E-state index in [9.17, 15) is 0 Å². The van der Waals surface area contributed by atoms with E-state index >= 15 is 0 Å². The molecule has 0 aromatic heterocycles. The van der Waals surface area contributed by atoms with Crippen molar-refractivity contribution in [3.8, 4) is 11.5 Å². The second-order valence-electron chi connectivity index (χ2n) is 2.60. The van der Waals surface area contributed by atoms with Crippen molar-refractivity contribution in [3.63, 3.8) is 0 Å². The van der Waals surface area contributed by atoms with Gasteiger partial charge in [0.25, 0.3) is 0 Å². The highest BCUT2D eigenvalue weighted by Gasteiger charge is 1.99. The highest BCUT2D eigenvalue weighted by atomic mass is 16.5. The summed E-state index contributed by atoms with van der Waals surface area (Å²) in [5.74, 6) is 1.51. The molecule has 0 radical (unpaired) electrons. The van der Waals surface area contributed by atoms with Crippen LogP contribution in [0.4, 0.5) is 5.69 Å². The first kappa shape index (κ1) is 9.71. The van der Waals surface area contributed by atoms with Gasteiger partial charge in [0.15, 0.2) is 0 Å². The van der Waals surface area contributed by atoms with Gasteiger partial charge >= 0.3 is 0 Å². The first-order valence-electron chi connectivity index (χ1n) is 4.42. The highest BCUT2D eigenvalue weighted by Crippen LogP contribution is 2.24. The Balaban J connectivity index is 2.83. The van der Waals surface area contributed by atoms with Crippen LogP contribution in [0.25, 0.3) is 0 Å². The zero-order chi connectivity index (χ0) is 9.68. The molecule has 1 aromatic rings. The van der Waals surface area contributed by atoms with E-state index in [1.165, 1.54) is 0 Å². The number of ether oxygens (including phenoxy) is 2. The van der Waals surface area contributed by atoms with Gasteiger partial charge in [0, 0.05) is 23.9 Å². The lowest BCUT2D eigenvalue weighted by atomic mass is 10.3. The molecule has 0 amide bonds. The third-order valence-electron chi connectivity index (χ3n) is 1.52. The van der Waals surface area contributed by atoms with Crippen LogP contribution in [0.1, 0.15) is 13.8 Å². The summed E-state index contributed by atoms with van der Waals surface area (Å²) >= 11 is 0. The maximum Gasteiger partial charge on any atom is 0.125 e. The topological polar surface area (TPSA) is 44.5 Å². The van der Waals surface area contributed by atoms with Crippen molar-refractivity contribution in [1.82, 2.24) is 0 Å². The van der Waals surface area contributed by atoms with Gasteiger partial charge in [-0.1, -0.05) is 0 Å². The number of rotatable bonds is 4. The molecule has 3 nitrogen and oxygen atoms in total. The van der Waals surface area contributed by atoms with E-state index in [1.54, 1.807) is 12.1 Å². The molecule has 3 heteroatoms. The van der Waals surface area contributed by atoms with Gasteiger partial charge < -0.3 is 15.2 Å². The van der Waals surface area contributed by atoms with Gasteiger partial charge in [-0.2, -0.15) is 0 Å². The van der Waals surface area contributed by atoms with Crippen molar-refractivity contribution in [1.29, 1.82) is 0 Å². The average molecular weight is 181 g/mol. The largest absolute Gasteiger partial charge is 0.494 e. The number of hydrogen-bond acceptors (Lipinski definition) is 3. The van der Waals surface area contributed by atoms with E-state index in [0.717, 1.165) is 11.5 Å². The zero-order valence-corrected chi connectivity index (χ0v) is 8.04. The van der Waals surface area contributed by atoms with E-state index in [-0.39, 0.29) is 0 Å². The molecule has 0 saturated heterocycles. The van der Waals surface area contributed by atoms with Crippen molar-refractivity contribution in [3.05, 3.63) is 18.2 Å². The summed E-state index contributed by atoms with van der Waals surface area (Å²) in [7, 11) is 0. The zero-order valence-electron chi connectivity index (χ0n) is 8.04. The second kappa shape index (κ2) is 4.60. The molecule has 13 heavy (non-hydrogen) atoms. The maximum absolute atomic E-state index is 5.66. The molecule has 1 aromatic carbocycles. The van der Waals surface area contributed by atoms with Gasteiger partial charge in [-0.05, 0) is 13.8 Å². The molecule has 0 fully saturated rings. The number of anilines is 1. The quantitative estimate of drug-likeness (QED) is 0.723. The molecular weight excluding hydrogens is 166 g/mol. The third kappa shape index (κ3) is 2.86. The molecule has 0 aliphatic carbocycles. The van der Waals surface area contributed by atoms with Gasteiger partial charge in [-0.15, -0.1) is 0 Å². The monoisotopic (exact) mass is 181 g/mol. The van der Waals surface area contributed by atoms with Crippen molar-refractivity contribution in [2.45, 2.75) is 13.8 Å². The van der Waals surface area contributed by atoms with E-state index in [0.29, 0.717) is 18.9 Å². The minimum absolute atomic E-state index is 0.634. The summed E-state index contributed by atoms with van der Waals surface area (Å²) in [4.78, 5) is 0. The smallest absolute Gasteiger partial charge is 0.125 e. The van der Waals surface area contributed by atoms with Crippen LogP contribution in [0.3, 0.4) is 0 Å². The summed E-state index contributed by atoms with van der Waals surface area (Å²) in [5, 5.41) is 0. The standard InChI is InChI=1S/C10H15NO2/c1-3-12-9-5-8(11)6-10(7-9)13-4-2/h5-7H,3-4,11H2,1-2H3. The van der Waals surface area contributed by atoms with Crippen molar-refractivity contribution in [2.75, 3.05) is 18.9 Å². The van der Waals surface area contributed by atoms with Crippen molar-refractivity contribution < 1.29 is 9.47 Å². The summed E-state index contributed by atoms with van der Waals surface area (Å²) in [6.07, 6.45) is 0. The minimum atomic E-state index is 0.634. The maximum atomic E-state index is 5.66. The Kier molecular flexibility index (Phi) is 3.43. The van der Waals surface area contributed by atoms with Gasteiger partial charge in [0.2, 0.25) is 0 Å². The van der Waals surface area contributed by atoms with Crippen LogP contribution in [0.15, 0.2) is 18.2 Å². The summed E-state index contributed by atoms with van der Waals surface area (Å²) < 4.78 is 10.6. The molecule has 72 valence electrons. The van der Waals surface area contributed by atoms with E-state index < -0.39 is 0 Å². The van der Waals surface area contributed by atoms with Gasteiger partial charge in [0.1, 0.15) is 11.5 Å². The SMILES string of the molecule is CCOc1cc(N)cc(OCC)c1. The Bertz CT molecular complexity index is 249. The first-order chi connectivity index (χ1) is 6.26. The van der Waals surface area contributed by atoms with E-state index in [2.05, 4.69) is 0 Å². The molecule has 0 aliphatic heterocycles. The Hall–Kier alpha value is -1.38. The normalized spacial score (nSPS) is 9.69. The molecule has 2 N–H and O–H groups in total. The van der Waals surface area contributed by atoms with Crippen LogP contribution in [0.2, 0.25) is 0 Å². The predicted octanol–water partition coefficient (Wildman–Crippen LogP) is 2.07. The van der Waals surface area contributed by atoms with Crippen molar-refractivity contribution in [2.24, 2.45) is 0 Å². The Morgan fingerprint density at radius 3 is 1.85 bits per heavy atom. The molecule has 0 saturated carbocycles. The fraction of sp³-hybridized carbons (Fsp3) is 0.400. The number of hydrogen-bond donors (Lipinski definition) is 1. The summed E-state index contributed by atoms with van der Waals surface area (Å²) in [6, 6.07) is 5.40. The molecule has 0 spiro atoms. The van der Waals surface area contributed by atoms with Crippen LogP contribution in [0, 0.1) is 0 Å². The van der Waals surface area contributed by atoms with Crippen LogP contribution in [0.5, 0.6) is 11.5 Å². The van der Waals surface area contributed by atoms with Crippen LogP contribution in [-0.4, -0.2) is 13.2 Å². The molecule has 0 heterocycles. The van der Waals surface area contributed by atoms with Crippen LogP contribution < -0.4 is 15.2 Å². The molecular formula is C10H15NO2. The number of benzene rings is 1. The molecule has 0 aliphatic rings. The lowest BCUT2D eigenvalue weighted by Crippen LogP contribution is -1.96. The molecule has 0 unspecified atom stereocenters. The first-order valence-corrected chi connectivity index (χ1v) is 4.42. The minimum Gasteiger partial charge on any atom is -0.494 e. The molecule has 0 atom stereocenters. The summed E-state index contributed by atoms with van der Waals surface area (Å²) in [6.45, 7) is 5.14. The van der Waals surface area contributed by atoms with Gasteiger partial charge in [-0.3, -0.25) is 0 Å². The van der Waals surface area contributed by atoms with E-state index in [1.807, 2.05) is 19.9 Å². The second-order valence-corrected chi connectivity index (χ2v) is 2.60. The number of nitrogen functional groups attached to an aromatic ring is 1. The van der Waals surface area contributed by atoms with Crippen LogP contribution >= 0.6 is 0 Å². The van der Waals surface area contributed by atoms with Gasteiger partial charge in [0.05, 0.1) is 13.2 Å².